The highest BCUT2D eigenvalue weighted by atomic mass is 15.3. The van der Waals surface area contributed by atoms with Crippen LogP contribution in [0.2, 0.25) is 0 Å². The first-order chi connectivity index (χ1) is 5.88. The summed E-state index contributed by atoms with van der Waals surface area (Å²) in [5, 5.41) is 0. The molecule has 0 rings (SSSR count). The number of rotatable bonds is 3. The minimum Gasteiger partial charge on any atom is -0.361 e. The fourth-order valence-corrected chi connectivity index (χ4v) is 0.789. The van der Waals surface area contributed by atoms with E-state index in [0.717, 1.165) is 6.67 Å². The van der Waals surface area contributed by atoms with Crippen LogP contribution in [0.25, 0.3) is 0 Å². The van der Waals surface area contributed by atoms with Crippen molar-refractivity contribution < 1.29 is 0 Å². The van der Waals surface area contributed by atoms with Crippen LogP contribution in [-0.4, -0.2) is 36.1 Å². The second-order valence-electron chi connectivity index (χ2n) is 4.35. The third kappa shape index (κ3) is 5.51. The molecule has 0 aromatic carbocycles. The largest absolute Gasteiger partial charge is 0.361 e. The van der Waals surface area contributed by atoms with E-state index in [-0.39, 0.29) is 5.54 Å². The first kappa shape index (κ1) is 12.3. The van der Waals surface area contributed by atoms with Gasteiger partial charge >= 0.3 is 0 Å². The van der Waals surface area contributed by atoms with E-state index in [1.807, 2.05) is 19.2 Å². The molecule has 0 radical (unpaired) electrons. The van der Waals surface area contributed by atoms with Crippen LogP contribution in [0.5, 0.6) is 0 Å². The SMILES string of the molecule is CC=C=CN(C)CN(C)C(C)(C)C. The van der Waals surface area contributed by atoms with Crippen molar-refractivity contribution in [2.24, 2.45) is 0 Å². The summed E-state index contributed by atoms with van der Waals surface area (Å²) in [6.45, 7) is 9.52. The molecule has 0 atom stereocenters. The molecule has 76 valence electrons. The van der Waals surface area contributed by atoms with Crippen molar-refractivity contribution in [2.45, 2.75) is 33.2 Å². The maximum atomic E-state index is 3.05. The van der Waals surface area contributed by atoms with Crippen molar-refractivity contribution in [3.05, 3.63) is 18.0 Å². The summed E-state index contributed by atoms with van der Waals surface area (Å²) in [4.78, 5) is 4.41. The Hall–Kier alpha value is -0.720. The summed E-state index contributed by atoms with van der Waals surface area (Å²) in [6.07, 6.45) is 3.87. The molecule has 0 aromatic rings. The molecule has 0 aliphatic rings. The van der Waals surface area contributed by atoms with Gasteiger partial charge < -0.3 is 4.90 Å². The Morgan fingerprint density at radius 2 is 1.77 bits per heavy atom. The molecule has 0 saturated carbocycles. The molecule has 0 amide bonds. The molecular weight excluding hydrogens is 160 g/mol. The van der Waals surface area contributed by atoms with Crippen molar-refractivity contribution in [3.8, 4) is 0 Å². The number of hydrogen-bond donors (Lipinski definition) is 0. The molecule has 13 heavy (non-hydrogen) atoms. The standard InChI is InChI=1S/C11H22N2/c1-7-8-9-12(5)10-13(6)11(2,3)4/h7,9H,10H2,1-6H3. The summed E-state index contributed by atoms with van der Waals surface area (Å²) in [6, 6.07) is 0. The number of hydrogen-bond acceptors (Lipinski definition) is 2. The lowest BCUT2D eigenvalue weighted by atomic mass is 10.1. The van der Waals surface area contributed by atoms with E-state index in [1.54, 1.807) is 0 Å². The zero-order valence-corrected chi connectivity index (χ0v) is 9.76. The van der Waals surface area contributed by atoms with Crippen LogP contribution in [0.4, 0.5) is 0 Å². The lowest BCUT2D eigenvalue weighted by molar-refractivity contribution is 0.121. The molecule has 0 bridgehead atoms. The molecule has 0 saturated heterocycles. The summed E-state index contributed by atoms with van der Waals surface area (Å²) in [5.74, 6) is 0. The molecular formula is C11H22N2. The molecule has 2 nitrogen and oxygen atoms in total. The fourth-order valence-electron chi connectivity index (χ4n) is 0.789. The van der Waals surface area contributed by atoms with E-state index in [9.17, 15) is 0 Å². The zero-order valence-electron chi connectivity index (χ0n) is 9.76. The van der Waals surface area contributed by atoms with Gasteiger partial charge in [-0.05, 0) is 40.8 Å². The molecule has 0 fully saturated rings. The zero-order chi connectivity index (χ0) is 10.5. The van der Waals surface area contributed by atoms with Gasteiger partial charge in [0.2, 0.25) is 0 Å². The Morgan fingerprint density at radius 3 is 2.15 bits per heavy atom. The van der Waals surface area contributed by atoms with E-state index >= 15 is 0 Å². The van der Waals surface area contributed by atoms with Crippen molar-refractivity contribution in [1.82, 2.24) is 9.80 Å². The van der Waals surface area contributed by atoms with Gasteiger partial charge in [-0.1, -0.05) is 0 Å². The maximum Gasteiger partial charge on any atom is 0.0705 e. The van der Waals surface area contributed by atoms with Gasteiger partial charge in [-0.3, -0.25) is 4.90 Å². The summed E-state index contributed by atoms with van der Waals surface area (Å²) >= 11 is 0. The van der Waals surface area contributed by atoms with Crippen LogP contribution in [0, 0.1) is 0 Å². The highest BCUT2D eigenvalue weighted by molar-refractivity contribution is 4.82. The Balaban J connectivity index is 4.06. The fraction of sp³-hybridized carbons (Fsp3) is 0.727. The maximum absolute atomic E-state index is 3.05. The van der Waals surface area contributed by atoms with Crippen molar-refractivity contribution in [1.29, 1.82) is 0 Å². The molecule has 0 heterocycles. The molecule has 0 spiro atoms. The van der Waals surface area contributed by atoms with Gasteiger partial charge in [0.1, 0.15) is 0 Å². The molecule has 0 N–H and O–H groups in total. The van der Waals surface area contributed by atoms with E-state index in [4.69, 9.17) is 0 Å². The van der Waals surface area contributed by atoms with Crippen LogP contribution in [0.1, 0.15) is 27.7 Å². The van der Waals surface area contributed by atoms with Gasteiger partial charge in [0.15, 0.2) is 0 Å². The Bertz CT molecular complexity index is 195. The van der Waals surface area contributed by atoms with E-state index < -0.39 is 0 Å². The molecule has 0 aliphatic carbocycles. The van der Waals surface area contributed by atoms with Gasteiger partial charge in [-0.15, -0.1) is 5.73 Å². The third-order valence-corrected chi connectivity index (χ3v) is 2.04. The van der Waals surface area contributed by atoms with Crippen molar-refractivity contribution >= 4 is 0 Å². The van der Waals surface area contributed by atoms with Gasteiger partial charge in [-0.2, -0.15) is 0 Å². The first-order valence-corrected chi connectivity index (χ1v) is 4.66. The summed E-state index contributed by atoms with van der Waals surface area (Å²) in [5.41, 5.74) is 3.27. The van der Waals surface area contributed by atoms with E-state index in [2.05, 4.69) is 50.4 Å². The molecule has 0 aromatic heterocycles. The number of nitrogens with zero attached hydrogens (tertiary/aromatic N) is 2. The van der Waals surface area contributed by atoms with Crippen molar-refractivity contribution in [2.75, 3.05) is 20.8 Å². The average molecular weight is 182 g/mol. The third-order valence-electron chi connectivity index (χ3n) is 2.04. The Kier molecular flexibility index (Phi) is 4.82. The monoisotopic (exact) mass is 182 g/mol. The second kappa shape index (κ2) is 5.11. The van der Waals surface area contributed by atoms with Gasteiger partial charge in [-0.25, -0.2) is 0 Å². The van der Waals surface area contributed by atoms with E-state index in [1.165, 1.54) is 0 Å². The Morgan fingerprint density at radius 1 is 1.23 bits per heavy atom. The van der Waals surface area contributed by atoms with Gasteiger partial charge in [0.05, 0.1) is 6.67 Å². The predicted molar refractivity (Wildman–Crippen MR) is 58.5 cm³/mol. The predicted octanol–water partition coefficient (Wildman–Crippen LogP) is 2.29. The van der Waals surface area contributed by atoms with Crippen LogP contribution in [0.3, 0.4) is 0 Å². The quantitative estimate of drug-likeness (QED) is 0.488. The molecule has 0 unspecified atom stereocenters. The first-order valence-electron chi connectivity index (χ1n) is 4.66. The van der Waals surface area contributed by atoms with Crippen LogP contribution >= 0.6 is 0 Å². The lowest BCUT2D eigenvalue weighted by Crippen LogP contribution is -2.42. The van der Waals surface area contributed by atoms with Crippen LogP contribution in [0.15, 0.2) is 18.0 Å². The van der Waals surface area contributed by atoms with E-state index in [0.29, 0.717) is 0 Å². The minimum absolute atomic E-state index is 0.220. The average Bonchev–Trinajstić information content (AvgIpc) is 1.99. The second-order valence-corrected chi connectivity index (χ2v) is 4.35. The van der Waals surface area contributed by atoms with Crippen molar-refractivity contribution in [3.63, 3.8) is 0 Å². The number of allylic oxidation sites excluding steroid dienone is 1. The lowest BCUT2D eigenvalue weighted by Gasteiger charge is -2.34. The highest BCUT2D eigenvalue weighted by Gasteiger charge is 2.16. The van der Waals surface area contributed by atoms with Crippen LogP contribution < -0.4 is 0 Å². The normalized spacial score (nSPS) is 11.0. The van der Waals surface area contributed by atoms with Crippen LogP contribution in [-0.2, 0) is 0 Å². The summed E-state index contributed by atoms with van der Waals surface area (Å²) < 4.78 is 0. The smallest absolute Gasteiger partial charge is 0.0705 e. The summed E-state index contributed by atoms with van der Waals surface area (Å²) in [7, 11) is 4.18. The Labute approximate surface area is 82.5 Å². The minimum atomic E-state index is 0.220. The topological polar surface area (TPSA) is 6.48 Å². The van der Waals surface area contributed by atoms with Gasteiger partial charge in [0, 0.05) is 18.8 Å². The molecule has 2 heteroatoms. The highest BCUT2D eigenvalue weighted by Crippen LogP contribution is 2.09. The van der Waals surface area contributed by atoms with Gasteiger partial charge in [0.25, 0.3) is 0 Å². The molecule has 0 aliphatic heterocycles.